The van der Waals surface area contributed by atoms with E-state index in [-0.39, 0.29) is 10.8 Å². The molecule has 0 saturated heterocycles. The topological polar surface area (TPSA) is 51.9 Å². The summed E-state index contributed by atoms with van der Waals surface area (Å²) >= 11 is 0. The number of nitrogens with zero attached hydrogens (tertiary/aromatic N) is 6. The molecule has 0 fully saturated rings. The van der Waals surface area contributed by atoms with Gasteiger partial charge in [-0.3, -0.25) is 8.80 Å². The second kappa shape index (κ2) is 4.50. The van der Waals surface area contributed by atoms with Crippen LogP contribution in [0.4, 0.5) is 0 Å². The first-order valence-electron chi connectivity index (χ1n) is 9.54. The summed E-state index contributed by atoms with van der Waals surface area (Å²) in [5, 5.41) is 0. The lowest BCUT2D eigenvalue weighted by atomic mass is 9.67. The van der Waals surface area contributed by atoms with Gasteiger partial charge in [0.15, 0.2) is 0 Å². The molecule has 0 radical (unpaired) electrons. The number of imidazole rings is 3. The van der Waals surface area contributed by atoms with E-state index < -0.39 is 0 Å². The minimum atomic E-state index is 0.0388. The minimum Gasteiger partial charge on any atom is -0.254 e. The molecule has 0 N–H and O–H groups in total. The van der Waals surface area contributed by atoms with Crippen LogP contribution in [0.2, 0.25) is 0 Å². The number of rotatable bonds is 0. The summed E-state index contributed by atoms with van der Waals surface area (Å²) in [5.74, 6) is 2.65. The highest BCUT2D eigenvalue weighted by atomic mass is 15.3. The van der Waals surface area contributed by atoms with Crippen molar-refractivity contribution in [2.24, 2.45) is 0 Å². The van der Waals surface area contributed by atoms with Gasteiger partial charge in [0.1, 0.15) is 0 Å². The number of benzene rings is 1. The van der Waals surface area contributed by atoms with E-state index >= 15 is 0 Å². The quantitative estimate of drug-likeness (QED) is 0.418. The first-order chi connectivity index (χ1) is 12.9. The Bertz CT molecular complexity index is 1380. The minimum absolute atomic E-state index is 0.0388. The molecule has 5 aromatic rings. The van der Waals surface area contributed by atoms with Gasteiger partial charge in [0.25, 0.3) is 0 Å². The van der Waals surface area contributed by atoms with Gasteiger partial charge in [-0.2, -0.15) is 0 Å². The first-order valence-corrected chi connectivity index (χ1v) is 9.54. The monoisotopic (exact) mass is 358 g/mol. The van der Waals surface area contributed by atoms with Crippen LogP contribution in [0.15, 0.2) is 36.7 Å². The lowest BCUT2D eigenvalue weighted by Gasteiger charge is -2.38. The molecule has 6 nitrogen and oxygen atoms in total. The molecule has 0 aliphatic heterocycles. The van der Waals surface area contributed by atoms with Crippen molar-refractivity contribution in [1.82, 2.24) is 28.2 Å². The molecule has 1 aliphatic rings. The average Bonchev–Trinajstić information content (AvgIpc) is 3.32. The van der Waals surface area contributed by atoms with Gasteiger partial charge in [0.05, 0.1) is 22.4 Å². The van der Waals surface area contributed by atoms with Gasteiger partial charge in [-0.05, 0) is 25.0 Å². The summed E-state index contributed by atoms with van der Waals surface area (Å²) in [6.45, 7) is 9.26. The van der Waals surface area contributed by atoms with Crippen molar-refractivity contribution in [2.75, 3.05) is 0 Å². The molecule has 0 saturated carbocycles. The van der Waals surface area contributed by atoms with Gasteiger partial charge in [0, 0.05) is 23.2 Å². The molecule has 0 spiro atoms. The predicted molar refractivity (Wildman–Crippen MR) is 105 cm³/mol. The number of hydrogen-bond donors (Lipinski definition) is 0. The Labute approximate surface area is 156 Å². The zero-order valence-electron chi connectivity index (χ0n) is 16.1. The lowest BCUT2D eigenvalue weighted by molar-refractivity contribution is 0.319. The Morgan fingerprint density at radius 1 is 0.852 bits per heavy atom. The van der Waals surface area contributed by atoms with Crippen molar-refractivity contribution in [3.05, 3.63) is 48.0 Å². The van der Waals surface area contributed by atoms with E-state index in [9.17, 15) is 0 Å². The van der Waals surface area contributed by atoms with Crippen LogP contribution in [0, 0.1) is 0 Å². The molecule has 1 aromatic carbocycles. The van der Waals surface area contributed by atoms with E-state index in [0.717, 1.165) is 41.2 Å². The van der Waals surface area contributed by atoms with Crippen LogP contribution in [0.1, 0.15) is 51.9 Å². The summed E-state index contributed by atoms with van der Waals surface area (Å²) in [5.41, 5.74) is 4.61. The second-order valence-corrected chi connectivity index (χ2v) is 9.05. The maximum Gasteiger partial charge on any atom is 0.225 e. The molecule has 0 atom stereocenters. The third kappa shape index (κ3) is 1.73. The van der Waals surface area contributed by atoms with Crippen molar-refractivity contribution >= 4 is 28.4 Å². The average molecular weight is 358 g/mol. The Morgan fingerprint density at radius 3 is 2.48 bits per heavy atom. The third-order valence-corrected chi connectivity index (χ3v) is 6.30. The Hall–Kier alpha value is -2.89. The van der Waals surface area contributed by atoms with E-state index in [1.165, 1.54) is 11.4 Å². The van der Waals surface area contributed by atoms with Crippen molar-refractivity contribution in [2.45, 2.75) is 51.4 Å². The van der Waals surface area contributed by atoms with E-state index in [1.807, 2.05) is 18.5 Å². The largest absolute Gasteiger partial charge is 0.254 e. The SMILES string of the molecule is CC1(C)CCC(C)(C)c2c1nc1n3ccnc3n3c4ccccc4nc3n21. The Morgan fingerprint density at radius 2 is 1.63 bits per heavy atom. The smallest absolute Gasteiger partial charge is 0.225 e. The summed E-state index contributed by atoms with van der Waals surface area (Å²) in [6, 6.07) is 8.25. The zero-order chi connectivity index (χ0) is 18.6. The molecule has 136 valence electrons. The van der Waals surface area contributed by atoms with Crippen LogP contribution in [-0.4, -0.2) is 28.2 Å². The van der Waals surface area contributed by atoms with Gasteiger partial charge in [-0.25, -0.2) is 19.4 Å². The van der Waals surface area contributed by atoms with E-state index in [2.05, 4.69) is 64.1 Å². The highest BCUT2D eigenvalue weighted by molar-refractivity contribution is 5.82. The molecule has 6 heteroatoms. The summed E-state index contributed by atoms with van der Waals surface area (Å²) in [7, 11) is 0. The van der Waals surface area contributed by atoms with E-state index in [4.69, 9.17) is 9.97 Å². The molecule has 1 aliphatic carbocycles. The molecular formula is C21H22N6. The second-order valence-electron chi connectivity index (χ2n) is 9.05. The Kier molecular flexibility index (Phi) is 2.53. The number of fused-ring (bicyclic) bond motifs is 10. The molecule has 6 rings (SSSR count). The van der Waals surface area contributed by atoms with E-state index in [0.29, 0.717) is 0 Å². The lowest BCUT2D eigenvalue weighted by Crippen LogP contribution is -2.34. The Balaban J connectivity index is 1.96. The highest BCUT2D eigenvalue weighted by Gasteiger charge is 2.42. The summed E-state index contributed by atoms with van der Waals surface area (Å²) in [6.07, 6.45) is 6.11. The van der Waals surface area contributed by atoms with E-state index in [1.54, 1.807) is 0 Å². The van der Waals surface area contributed by atoms with Gasteiger partial charge in [-0.1, -0.05) is 39.8 Å². The van der Waals surface area contributed by atoms with Crippen molar-refractivity contribution in [3.8, 4) is 0 Å². The first kappa shape index (κ1) is 15.2. The normalized spacial score (nSPS) is 18.7. The fraction of sp³-hybridized carbons (Fsp3) is 0.381. The van der Waals surface area contributed by atoms with Crippen LogP contribution in [0.5, 0.6) is 0 Å². The van der Waals surface area contributed by atoms with Gasteiger partial charge >= 0.3 is 0 Å². The maximum atomic E-state index is 5.15. The van der Waals surface area contributed by atoms with Crippen LogP contribution in [0.3, 0.4) is 0 Å². The van der Waals surface area contributed by atoms with Crippen LogP contribution in [0.25, 0.3) is 28.4 Å². The molecule has 4 heterocycles. The standard InChI is InChI=1S/C21H22N6/c1-20(2)9-10-21(3,4)16-15(20)24-18-25-12-11-22-17(25)26-14-8-6-5-7-13(14)23-19(26)27(16)18/h5-8,11-12H,9-10H2,1-4H3. The molecule has 27 heavy (non-hydrogen) atoms. The van der Waals surface area contributed by atoms with Crippen LogP contribution in [-0.2, 0) is 10.8 Å². The highest BCUT2D eigenvalue weighted by Crippen LogP contribution is 2.46. The van der Waals surface area contributed by atoms with Crippen molar-refractivity contribution in [3.63, 3.8) is 0 Å². The molecule has 0 bridgehead atoms. The number of aromatic nitrogens is 6. The predicted octanol–water partition coefficient (Wildman–Crippen LogP) is 4.13. The summed E-state index contributed by atoms with van der Waals surface area (Å²) < 4.78 is 6.51. The van der Waals surface area contributed by atoms with Crippen molar-refractivity contribution in [1.29, 1.82) is 0 Å². The van der Waals surface area contributed by atoms with Gasteiger partial charge < -0.3 is 0 Å². The van der Waals surface area contributed by atoms with Crippen molar-refractivity contribution < 1.29 is 0 Å². The number of para-hydroxylation sites is 2. The van der Waals surface area contributed by atoms with Gasteiger partial charge in [-0.15, -0.1) is 0 Å². The molecule has 0 unspecified atom stereocenters. The number of hydrogen-bond acceptors (Lipinski definition) is 3. The van der Waals surface area contributed by atoms with Crippen LogP contribution < -0.4 is 0 Å². The molecular weight excluding hydrogens is 336 g/mol. The van der Waals surface area contributed by atoms with Crippen LogP contribution >= 0.6 is 0 Å². The summed E-state index contributed by atoms with van der Waals surface area (Å²) in [4.78, 5) is 14.8. The fourth-order valence-corrected chi connectivity index (χ4v) is 4.69. The molecule has 4 aromatic heterocycles. The zero-order valence-corrected chi connectivity index (χ0v) is 16.1. The molecule has 0 amide bonds. The maximum absolute atomic E-state index is 5.15. The fourth-order valence-electron chi connectivity index (χ4n) is 4.69. The van der Waals surface area contributed by atoms with Gasteiger partial charge in [0.2, 0.25) is 17.3 Å². The third-order valence-electron chi connectivity index (χ3n) is 6.30.